The summed E-state index contributed by atoms with van der Waals surface area (Å²) in [5, 5.41) is 14.6. The second-order valence-electron chi connectivity index (χ2n) is 10.8. The fourth-order valence-electron chi connectivity index (χ4n) is 4.66. The molecule has 0 saturated carbocycles. The van der Waals surface area contributed by atoms with Crippen LogP contribution in [0.1, 0.15) is 48.7 Å². The minimum Gasteiger partial charge on any atom is -0.355 e. The van der Waals surface area contributed by atoms with Crippen LogP contribution in [0, 0.1) is 5.92 Å². The summed E-state index contributed by atoms with van der Waals surface area (Å²) in [4.78, 5) is 53.1. The summed E-state index contributed by atoms with van der Waals surface area (Å²) in [6.45, 7) is 5.77. The topological polar surface area (TPSA) is 128 Å². The van der Waals surface area contributed by atoms with Crippen LogP contribution in [-0.4, -0.2) is 41.8 Å². The molecule has 3 aromatic carbocycles. The van der Waals surface area contributed by atoms with Crippen LogP contribution in [0.4, 0.5) is 11.4 Å². The maximum absolute atomic E-state index is 13.6. The van der Waals surface area contributed by atoms with Gasteiger partial charge in [-0.15, -0.1) is 0 Å². The number of amides is 4. The number of hydrogen-bond acceptors (Lipinski definition) is 5. The lowest BCUT2D eigenvalue weighted by Crippen LogP contribution is -2.56. The van der Waals surface area contributed by atoms with Crippen LogP contribution in [0.25, 0.3) is 0 Å². The lowest BCUT2D eigenvalue weighted by molar-refractivity contribution is -0.132. The molecule has 0 fully saturated rings. The zero-order chi connectivity index (χ0) is 29.4. The number of hydrogen-bond donors (Lipinski definition) is 5. The van der Waals surface area contributed by atoms with Crippen molar-refractivity contribution in [1.29, 1.82) is 0 Å². The second kappa shape index (κ2) is 13.6. The largest absolute Gasteiger partial charge is 0.355 e. The van der Waals surface area contributed by atoms with Crippen LogP contribution in [0.2, 0.25) is 0 Å². The molecule has 4 bridgehead atoms. The molecule has 9 nitrogen and oxygen atoms in total. The molecule has 9 heteroatoms. The lowest BCUT2D eigenvalue weighted by Gasteiger charge is -2.25. The summed E-state index contributed by atoms with van der Waals surface area (Å²) in [7, 11) is 0. The molecule has 1 aliphatic heterocycles. The van der Waals surface area contributed by atoms with Gasteiger partial charge in [-0.25, -0.2) is 0 Å². The maximum Gasteiger partial charge on any atom is 0.252 e. The highest BCUT2D eigenvalue weighted by Gasteiger charge is 2.29. The Balaban J connectivity index is 1.69. The molecule has 1 aliphatic rings. The summed E-state index contributed by atoms with van der Waals surface area (Å²) in [5.41, 5.74) is 3.58. The summed E-state index contributed by atoms with van der Waals surface area (Å²) < 4.78 is 0. The molecule has 4 rings (SSSR count). The molecule has 0 spiro atoms. The third-order valence-electron chi connectivity index (χ3n) is 6.80. The number of fused-ring (bicyclic) bond motifs is 4. The van der Waals surface area contributed by atoms with Crippen LogP contribution in [0.5, 0.6) is 0 Å². The van der Waals surface area contributed by atoms with Gasteiger partial charge in [0.05, 0.1) is 0 Å². The third kappa shape index (κ3) is 8.41. The second-order valence-corrected chi connectivity index (χ2v) is 10.8. The predicted octanol–water partition coefficient (Wildman–Crippen LogP) is 3.44. The van der Waals surface area contributed by atoms with Gasteiger partial charge in [-0.05, 0) is 60.7 Å². The first-order chi connectivity index (χ1) is 19.7. The Morgan fingerprint density at radius 2 is 1.41 bits per heavy atom. The molecule has 1 heterocycles. The van der Waals surface area contributed by atoms with E-state index >= 15 is 0 Å². The molecule has 3 atom stereocenters. The molecular weight excluding hydrogens is 518 g/mol. The van der Waals surface area contributed by atoms with E-state index < -0.39 is 35.8 Å². The van der Waals surface area contributed by atoms with Crippen LogP contribution in [0.3, 0.4) is 0 Å². The minimum atomic E-state index is -0.941. The van der Waals surface area contributed by atoms with E-state index in [1.807, 2.05) is 74.5 Å². The molecule has 41 heavy (non-hydrogen) atoms. The minimum absolute atomic E-state index is 0.0847. The quantitative estimate of drug-likeness (QED) is 0.337. The van der Waals surface area contributed by atoms with Gasteiger partial charge < -0.3 is 26.6 Å². The molecule has 214 valence electrons. The fourth-order valence-corrected chi connectivity index (χ4v) is 4.66. The van der Waals surface area contributed by atoms with E-state index in [1.54, 1.807) is 25.1 Å². The van der Waals surface area contributed by atoms with E-state index in [0.29, 0.717) is 17.7 Å². The lowest BCUT2D eigenvalue weighted by atomic mass is 10.0. The summed E-state index contributed by atoms with van der Waals surface area (Å²) in [6, 6.07) is 21.3. The number of nitrogens with one attached hydrogen (secondary N) is 5. The van der Waals surface area contributed by atoms with Gasteiger partial charge >= 0.3 is 0 Å². The molecule has 3 aromatic rings. The van der Waals surface area contributed by atoms with Gasteiger partial charge in [0.15, 0.2) is 0 Å². The Morgan fingerprint density at radius 1 is 0.732 bits per heavy atom. The van der Waals surface area contributed by atoms with Gasteiger partial charge in [-0.2, -0.15) is 0 Å². The third-order valence-corrected chi connectivity index (χ3v) is 6.80. The Hall–Kier alpha value is -4.66. The summed E-state index contributed by atoms with van der Waals surface area (Å²) in [5.74, 6) is -1.61. The van der Waals surface area contributed by atoms with Gasteiger partial charge in [-0.1, -0.05) is 62.4 Å². The number of benzene rings is 3. The van der Waals surface area contributed by atoms with E-state index in [2.05, 4.69) is 26.6 Å². The average Bonchev–Trinajstić information content (AvgIpc) is 2.95. The number of carbonyl (C=O) groups excluding carboxylic acids is 4. The molecule has 0 radical (unpaired) electrons. The van der Waals surface area contributed by atoms with Gasteiger partial charge in [0.25, 0.3) is 5.91 Å². The van der Waals surface area contributed by atoms with E-state index in [4.69, 9.17) is 0 Å². The number of carbonyl (C=O) groups is 4. The summed E-state index contributed by atoms with van der Waals surface area (Å²) in [6.07, 6.45) is 0.594. The molecule has 0 saturated heterocycles. The van der Waals surface area contributed by atoms with E-state index in [0.717, 1.165) is 16.8 Å². The first-order valence-corrected chi connectivity index (χ1v) is 13.9. The molecular formula is C32H37N5O4. The van der Waals surface area contributed by atoms with Crippen molar-refractivity contribution in [3.05, 3.63) is 95.6 Å². The smallest absolute Gasteiger partial charge is 0.252 e. The van der Waals surface area contributed by atoms with E-state index in [9.17, 15) is 19.2 Å². The van der Waals surface area contributed by atoms with Crippen molar-refractivity contribution in [3.63, 3.8) is 0 Å². The van der Waals surface area contributed by atoms with Crippen molar-refractivity contribution >= 4 is 35.0 Å². The first kappa shape index (κ1) is 29.3. The van der Waals surface area contributed by atoms with Gasteiger partial charge in [0.2, 0.25) is 17.7 Å². The van der Waals surface area contributed by atoms with Crippen molar-refractivity contribution in [1.82, 2.24) is 21.3 Å². The molecule has 5 N–H and O–H groups in total. The van der Waals surface area contributed by atoms with Crippen LogP contribution < -0.4 is 26.6 Å². The standard InChI is InChI=1S/C32H37N5O4/c1-20(2)15-27-31(40)34-21(3)29(38)33-19-23-11-7-13-25(16-23)35-26-14-8-12-24(18-26)30(39)36-28(32(41)37-27)17-22-9-5-4-6-10-22/h4-14,16,18,20-21,27-28,35H,15,17,19H2,1-3H3,(H,33,38)(H,34,40)(H,36,39)(H,37,41)/t21-,27?,28?/m0/s1. The van der Waals surface area contributed by atoms with Crippen molar-refractivity contribution in [2.75, 3.05) is 5.32 Å². The highest BCUT2D eigenvalue weighted by atomic mass is 16.2. The number of rotatable bonds is 4. The van der Waals surface area contributed by atoms with Crippen molar-refractivity contribution in [3.8, 4) is 0 Å². The summed E-state index contributed by atoms with van der Waals surface area (Å²) >= 11 is 0. The predicted molar refractivity (Wildman–Crippen MR) is 158 cm³/mol. The first-order valence-electron chi connectivity index (χ1n) is 13.9. The van der Waals surface area contributed by atoms with E-state index in [1.165, 1.54) is 0 Å². The highest BCUT2D eigenvalue weighted by molar-refractivity contribution is 5.99. The van der Waals surface area contributed by atoms with Crippen LogP contribution >= 0.6 is 0 Å². The Bertz CT molecular complexity index is 1390. The Kier molecular flexibility index (Phi) is 9.73. The average molecular weight is 556 g/mol. The van der Waals surface area contributed by atoms with Crippen molar-refractivity contribution in [2.24, 2.45) is 5.92 Å². The zero-order valence-electron chi connectivity index (χ0n) is 23.6. The molecule has 2 unspecified atom stereocenters. The molecule has 0 aliphatic carbocycles. The van der Waals surface area contributed by atoms with Gasteiger partial charge in [0, 0.05) is 29.9 Å². The Labute approximate surface area is 240 Å². The monoisotopic (exact) mass is 555 g/mol. The van der Waals surface area contributed by atoms with Crippen molar-refractivity contribution < 1.29 is 19.2 Å². The zero-order valence-corrected chi connectivity index (χ0v) is 23.6. The van der Waals surface area contributed by atoms with Crippen molar-refractivity contribution in [2.45, 2.75) is 58.3 Å². The van der Waals surface area contributed by atoms with Crippen LogP contribution in [-0.2, 0) is 27.3 Å². The van der Waals surface area contributed by atoms with Crippen LogP contribution in [0.15, 0.2) is 78.9 Å². The highest BCUT2D eigenvalue weighted by Crippen LogP contribution is 2.20. The normalized spacial score (nSPS) is 20.3. The number of anilines is 2. The van der Waals surface area contributed by atoms with Gasteiger partial charge in [-0.3, -0.25) is 19.2 Å². The fraction of sp³-hybridized carbons (Fsp3) is 0.312. The Morgan fingerprint density at radius 3 is 2.15 bits per heavy atom. The SMILES string of the molecule is CC(C)CC1NC(=O)C(Cc2ccccc2)NC(=O)c2cccc(c2)Nc2cccc(c2)CNC(=O)[C@H](C)NC1=O. The van der Waals surface area contributed by atoms with Gasteiger partial charge in [0.1, 0.15) is 18.1 Å². The molecule has 0 aromatic heterocycles. The maximum atomic E-state index is 13.6. The molecule has 4 amide bonds. The van der Waals surface area contributed by atoms with E-state index in [-0.39, 0.29) is 24.8 Å².